The zero-order valence-electron chi connectivity index (χ0n) is 10.7. The monoisotopic (exact) mass is 261 g/mol. The topological polar surface area (TPSA) is 87.8 Å². The molecule has 0 aliphatic heterocycles. The number of aromatic amines is 2. The van der Waals surface area contributed by atoms with Gasteiger partial charge in [-0.25, -0.2) is 4.79 Å². The van der Waals surface area contributed by atoms with Gasteiger partial charge in [-0.15, -0.1) is 0 Å². The third-order valence-electron chi connectivity index (χ3n) is 3.48. The van der Waals surface area contributed by atoms with Crippen molar-refractivity contribution in [3.63, 3.8) is 0 Å². The maximum atomic E-state index is 12.5. The molecule has 2 heterocycles. The lowest BCUT2D eigenvalue weighted by molar-refractivity contribution is 0.0521. The van der Waals surface area contributed by atoms with Crippen molar-refractivity contribution >= 4 is 17.0 Å². The van der Waals surface area contributed by atoms with E-state index in [-0.39, 0.29) is 17.7 Å². The van der Waals surface area contributed by atoms with Crippen molar-refractivity contribution in [2.75, 3.05) is 6.61 Å². The molecule has 2 N–H and O–H groups in total. The molecule has 1 aliphatic carbocycles. The molecule has 6 heteroatoms. The van der Waals surface area contributed by atoms with E-state index < -0.39 is 5.97 Å². The van der Waals surface area contributed by atoms with Crippen LogP contribution in [0, 0.1) is 0 Å². The Hall–Kier alpha value is -2.11. The molecule has 0 unspecified atom stereocenters. The van der Waals surface area contributed by atoms with Crippen molar-refractivity contribution < 1.29 is 9.53 Å². The minimum atomic E-state index is -0.536. The molecule has 1 aliphatic rings. The van der Waals surface area contributed by atoms with E-state index in [0.717, 1.165) is 36.9 Å². The number of carbonyl (C=O) groups is 1. The maximum Gasteiger partial charge on any atom is 0.357 e. The number of esters is 1. The molecule has 0 saturated heterocycles. The van der Waals surface area contributed by atoms with E-state index in [2.05, 4.69) is 15.2 Å². The Labute approximate surface area is 109 Å². The van der Waals surface area contributed by atoms with Crippen LogP contribution in [0.1, 0.15) is 41.5 Å². The Morgan fingerprint density at radius 3 is 2.95 bits per heavy atom. The van der Waals surface area contributed by atoms with E-state index in [4.69, 9.17) is 4.74 Å². The second-order valence-electron chi connectivity index (χ2n) is 4.66. The van der Waals surface area contributed by atoms with E-state index in [9.17, 15) is 9.59 Å². The van der Waals surface area contributed by atoms with Crippen molar-refractivity contribution in [1.29, 1.82) is 0 Å². The number of hydrogen-bond donors (Lipinski definition) is 2. The van der Waals surface area contributed by atoms with Gasteiger partial charge in [0.25, 0.3) is 0 Å². The molecule has 0 spiro atoms. The number of H-pyrrole nitrogens is 2. The number of ether oxygens (including phenoxy) is 1. The first kappa shape index (κ1) is 12.0. The summed E-state index contributed by atoms with van der Waals surface area (Å²) in [5.41, 5.74) is 2.22. The van der Waals surface area contributed by atoms with Crippen molar-refractivity contribution in [3.8, 4) is 0 Å². The van der Waals surface area contributed by atoms with Crippen LogP contribution < -0.4 is 5.43 Å². The fraction of sp³-hybridized carbons (Fsp3) is 0.462. The van der Waals surface area contributed by atoms with Gasteiger partial charge in [-0.1, -0.05) is 0 Å². The predicted molar refractivity (Wildman–Crippen MR) is 69.3 cm³/mol. The maximum absolute atomic E-state index is 12.5. The largest absolute Gasteiger partial charge is 0.461 e. The van der Waals surface area contributed by atoms with Gasteiger partial charge < -0.3 is 9.72 Å². The molecule has 0 saturated carbocycles. The molecular weight excluding hydrogens is 246 g/mol. The van der Waals surface area contributed by atoms with Gasteiger partial charge in [-0.3, -0.25) is 9.89 Å². The quantitative estimate of drug-likeness (QED) is 0.798. The van der Waals surface area contributed by atoms with E-state index in [0.29, 0.717) is 11.0 Å². The summed E-state index contributed by atoms with van der Waals surface area (Å²) in [6.45, 7) is 1.99. The number of aromatic nitrogens is 3. The average Bonchev–Trinajstić information content (AvgIpc) is 2.83. The van der Waals surface area contributed by atoms with Gasteiger partial charge in [0.15, 0.2) is 16.8 Å². The van der Waals surface area contributed by atoms with Crippen molar-refractivity contribution in [2.24, 2.45) is 0 Å². The molecule has 19 heavy (non-hydrogen) atoms. The summed E-state index contributed by atoms with van der Waals surface area (Å²) in [4.78, 5) is 27.4. The van der Waals surface area contributed by atoms with Crippen LogP contribution in [0.15, 0.2) is 4.79 Å². The first-order valence-corrected chi connectivity index (χ1v) is 6.51. The number of nitrogens with zero attached hydrogens (tertiary/aromatic N) is 1. The highest BCUT2D eigenvalue weighted by Gasteiger charge is 2.22. The molecule has 2 aromatic rings. The van der Waals surface area contributed by atoms with Crippen LogP contribution in [0.5, 0.6) is 0 Å². The number of rotatable bonds is 2. The lowest BCUT2D eigenvalue weighted by Crippen LogP contribution is -2.19. The van der Waals surface area contributed by atoms with Crippen LogP contribution in [0.3, 0.4) is 0 Å². The molecule has 0 fully saturated rings. The summed E-state index contributed by atoms with van der Waals surface area (Å²) in [7, 11) is 0. The van der Waals surface area contributed by atoms with Crippen LogP contribution in [-0.2, 0) is 17.6 Å². The van der Waals surface area contributed by atoms with Crippen LogP contribution >= 0.6 is 0 Å². The first-order valence-electron chi connectivity index (χ1n) is 6.51. The summed E-state index contributed by atoms with van der Waals surface area (Å²) in [6, 6.07) is 0. The number of aryl methyl sites for hydroxylation is 1. The lowest BCUT2D eigenvalue weighted by atomic mass is 9.95. The van der Waals surface area contributed by atoms with Crippen molar-refractivity contribution in [2.45, 2.75) is 32.6 Å². The molecule has 0 aromatic carbocycles. The minimum Gasteiger partial charge on any atom is -0.461 e. The van der Waals surface area contributed by atoms with Gasteiger partial charge in [0, 0.05) is 11.3 Å². The highest BCUT2D eigenvalue weighted by atomic mass is 16.5. The van der Waals surface area contributed by atoms with E-state index in [1.807, 2.05) is 0 Å². The van der Waals surface area contributed by atoms with E-state index in [1.54, 1.807) is 6.92 Å². The number of pyridine rings is 1. The standard InChI is InChI=1S/C13H15N3O3/c1-2-19-13(18)10-9-11(17)7-5-3-4-6-8(7)14-12(9)16-15-10/h2-6H2,1H3,(H2,14,15,16,17). The highest BCUT2D eigenvalue weighted by Crippen LogP contribution is 2.20. The lowest BCUT2D eigenvalue weighted by Gasteiger charge is -2.14. The van der Waals surface area contributed by atoms with Crippen LogP contribution in [-0.4, -0.2) is 27.8 Å². The summed E-state index contributed by atoms with van der Waals surface area (Å²) < 4.78 is 4.93. The number of nitrogens with one attached hydrogen (secondary N) is 2. The van der Waals surface area contributed by atoms with Gasteiger partial charge in [0.2, 0.25) is 0 Å². The second-order valence-corrected chi connectivity index (χ2v) is 4.66. The first-order chi connectivity index (χ1) is 9.22. The van der Waals surface area contributed by atoms with Gasteiger partial charge in [-0.05, 0) is 32.6 Å². The Balaban J connectivity index is 2.22. The zero-order valence-corrected chi connectivity index (χ0v) is 10.7. The van der Waals surface area contributed by atoms with Crippen molar-refractivity contribution in [1.82, 2.24) is 15.2 Å². The highest BCUT2D eigenvalue weighted by molar-refractivity contribution is 6.01. The normalized spacial score (nSPS) is 14.4. The van der Waals surface area contributed by atoms with Gasteiger partial charge in [0.05, 0.1) is 12.0 Å². The van der Waals surface area contributed by atoms with Crippen molar-refractivity contribution in [3.05, 3.63) is 27.2 Å². The van der Waals surface area contributed by atoms with E-state index >= 15 is 0 Å². The van der Waals surface area contributed by atoms with E-state index in [1.165, 1.54) is 0 Å². The van der Waals surface area contributed by atoms with Gasteiger partial charge in [-0.2, -0.15) is 5.10 Å². The molecule has 0 atom stereocenters. The number of hydrogen-bond acceptors (Lipinski definition) is 4. The van der Waals surface area contributed by atoms with Gasteiger partial charge in [0.1, 0.15) is 0 Å². The Kier molecular flexibility index (Phi) is 2.85. The fourth-order valence-electron chi connectivity index (χ4n) is 2.59. The minimum absolute atomic E-state index is 0.0970. The summed E-state index contributed by atoms with van der Waals surface area (Å²) in [5.74, 6) is -0.536. The summed E-state index contributed by atoms with van der Waals surface area (Å²) >= 11 is 0. The fourth-order valence-corrected chi connectivity index (χ4v) is 2.59. The van der Waals surface area contributed by atoms with Crippen LogP contribution in [0.25, 0.3) is 11.0 Å². The molecule has 3 rings (SSSR count). The number of fused-ring (bicyclic) bond motifs is 2. The molecule has 2 aromatic heterocycles. The number of carbonyl (C=O) groups excluding carboxylic acids is 1. The predicted octanol–water partition coefficient (Wildman–Crippen LogP) is 1.31. The third-order valence-corrected chi connectivity index (χ3v) is 3.48. The smallest absolute Gasteiger partial charge is 0.357 e. The average molecular weight is 261 g/mol. The zero-order chi connectivity index (χ0) is 13.4. The molecule has 100 valence electrons. The third kappa shape index (κ3) is 1.83. The summed E-state index contributed by atoms with van der Waals surface area (Å²) in [6.07, 6.45) is 3.70. The molecule has 0 radical (unpaired) electrons. The van der Waals surface area contributed by atoms with Crippen LogP contribution in [0.4, 0.5) is 0 Å². The van der Waals surface area contributed by atoms with Crippen LogP contribution in [0.2, 0.25) is 0 Å². The molecule has 0 amide bonds. The van der Waals surface area contributed by atoms with Gasteiger partial charge >= 0.3 is 5.97 Å². The summed E-state index contributed by atoms with van der Waals surface area (Å²) in [5, 5.41) is 6.93. The Morgan fingerprint density at radius 1 is 1.37 bits per heavy atom. The second kappa shape index (κ2) is 4.53. The molecule has 6 nitrogen and oxygen atoms in total. The SMILES string of the molecule is CCOC(=O)c1[nH]nc2[nH]c3c(c(=O)c12)CCCC3. The molecular formula is C13H15N3O3. The Bertz CT molecular complexity index is 699. The molecule has 0 bridgehead atoms. The Morgan fingerprint density at radius 2 is 2.16 bits per heavy atom.